The number of nitrogens with two attached hydrogens (primary N) is 1. The van der Waals surface area contributed by atoms with Gasteiger partial charge in [0.2, 0.25) is 0 Å². The Morgan fingerprint density at radius 2 is 2.29 bits per heavy atom. The third-order valence-corrected chi connectivity index (χ3v) is 8.23. The van der Waals surface area contributed by atoms with Crippen LogP contribution in [0.25, 0.3) is 0 Å². The van der Waals surface area contributed by atoms with Gasteiger partial charge in [0.05, 0.1) is 5.69 Å². The molecule has 2 aromatic rings. The van der Waals surface area contributed by atoms with Crippen molar-refractivity contribution in [2.24, 2.45) is 5.16 Å². The lowest BCUT2D eigenvalue weighted by molar-refractivity contribution is -0.150. The molecule has 4 heterocycles. The van der Waals surface area contributed by atoms with Crippen LogP contribution in [-0.2, 0) is 19.2 Å². The molecule has 15 heteroatoms. The predicted octanol–water partition coefficient (Wildman–Crippen LogP) is 1.18. The van der Waals surface area contributed by atoms with E-state index in [4.69, 9.17) is 10.6 Å². The number of nitrogens with zero attached hydrogens (tertiary/aromatic N) is 5. The number of β-lactam (4-membered cyclic amide) rings is 1. The topological polar surface area (TPSA) is 173 Å². The number of nitrogens with one attached hydrogen (secondary N) is 1. The van der Waals surface area contributed by atoms with Gasteiger partial charge in [0, 0.05) is 23.4 Å². The maximum absolute atomic E-state index is 13.1. The average Bonchev–Trinajstić information content (AvgIpc) is 3.36. The molecule has 2 aromatic heterocycles. The number of rotatable bonds is 10. The van der Waals surface area contributed by atoms with Gasteiger partial charge in [-0.25, -0.2) is 4.79 Å². The van der Waals surface area contributed by atoms with E-state index in [0.717, 1.165) is 0 Å². The molecule has 1 unspecified atom stereocenters. The number of aliphatic carboxylic acids is 1. The van der Waals surface area contributed by atoms with Crippen LogP contribution in [0.15, 0.2) is 44.6 Å². The lowest BCUT2D eigenvalue weighted by atomic mass is 10.0. The molecule has 0 spiro atoms. The minimum absolute atomic E-state index is 0.0565. The zero-order valence-corrected chi connectivity index (χ0v) is 20.9. The Bertz CT molecular complexity index is 1190. The van der Waals surface area contributed by atoms with Crippen molar-refractivity contribution < 1.29 is 24.3 Å². The van der Waals surface area contributed by atoms with Gasteiger partial charge in [-0.15, -0.1) is 22.0 Å². The fourth-order valence-electron chi connectivity index (χ4n) is 3.36. The second-order valence-corrected chi connectivity index (χ2v) is 10.5. The summed E-state index contributed by atoms with van der Waals surface area (Å²) in [6, 6.07) is 2.13. The van der Waals surface area contributed by atoms with Gasteiger partial charge in [-0.2, -0.15) is 0 Å². The second kappa shape index (κ2) is 11.0. The van der Waals surface area contributed by atoms with E-state index >= 15 is 0 Å². The number of carbonyl (C=O) groups excluding carboxylic acids is 2. The number of thioether (sulfide) groups is 2. The van der Waals surface area contributed by atoms with Crippen molar-refractivity contribution in [1.82, 2.24) is 25.4 Å². The second-order valence-electron chi connectivity index (χ2n) is 7.36. The van der Waals surface area contributed by atoms with Crippen molar-refractivity contribution in [1.29, 1.82) is 0 Å². The quantitative estimate of drug-likeness (QED) is 0.131. The van der Waals surface area contributed by atoms with Gasteiger partial charge in [0.1, 0.15) is 29.2 Å². The first-order valence-electron chi connectivity index (χ1n) is 10.4. The molecule has 0 aromatic carbocycles. The highest BCUT2D eigenvalue weighted by Gasteiger charge is 2.54. The fourth-order valence-corrected chi connectivity index (χ4v) is 6.33. The van der Waals surface area contributed by atoms with Gasteiger partial charge in [-0.3, -0.25) is 19.5 Å². The summed E-state index contributed by atoms with van der Waals surface area (Å²) in [4.78, 5) is 48.6. The molecule has 0 bridgehead atoms. The molecule has 2 aliphatic heterocycles. The SMILES string of the molecule is CCCO/N=C(\C(=O)NC1C(=O)N2C(C(=O)O)=C(CSc3nncs3)CS[C@H]12)c1cc(N)ccn1. The van der Waals surface area contributed by atoms with Crippen molar-refractivity contribution in [2.75, 3.05) is 23.8 Å². The zero-order valence-electron chi connectivity index (χ0n) is 18.4. The van der Waals surface area contributed by atoms with Crippen LogP contribution in [0.3, 0.4) is 0 Å². The van der Waals surface area contributed by atoms with Gasteiger partial charge < -0.3 is 21.0 Å². The van der Waals surface area contributed by atoms with Crippen molar-refractivity contribution in [3.05, 3.63) is 40.8 Å². The summed E-state index contributed by atoms with van der Waals surface area (Å²) in [7, 11) is 0. The van der Waals surface area contributed by atoms with E-state index in [2.05, 4.69) is 25.7 Å². The minimum atomic E-state index is -1.19. The number of carboxylic acid groups (broad SMARTS) is 1. The first kappa shape index (κ1) is 24.9. The summed E-state index contributed by atoms with van der Waals surface area (Å²) in [6.45, 7) is 2.18. The highest BCUT2D eigenvalue weighted by Crippen LogP contribution is 2.41. The number of oxime groups is 1. The largest absolute Gasteiger partial charge is 0.477 e. The summed E-state index contributed by atoms with van der Waals surface area (Å²) >= 11 is 4.10. The Morgan fingerprint density at radius 3 is 2.97 bits per heavy atom. The standard InChI is InChI=1S/C20H21N7O5S3/c1-2-5-32-26-13(12-6-11(21)3-4-22-12)16(28)24-14-17(29)27-15(19(30)31)10(7-33-18(14)27)8-34-20-25-23-9-35-20/h3-4,6,9,14,18H,2,5,7-8H2,1H3,(H2,21,22)(H,24,28)(H,30,31)/b26-13-/t14?,18-/m1/s1. The normalized spacial score (nSPS) is 19.7. The Morgan fingerprint density at radius 1 is 1.46 bits per heavy atom. The molecule has 0 aliphatic carbocycles. The van der Waals surface area contributed by atoms with Gasteiger partial charge in [-0.1, -0.05) is 35.2 Å². The maximum atomic E-state index is 13.1. The lowest BCUT2D eigenvalue weighted by Gasteiger charge is -2.49. The number of aromatic nitrogens is 3. The fraction of sp³-hybridized carbons (Fsp3) is 0.350. The number of pyridine rings is 1. The van der Waals surface area contributed by atoms with E-state index in [0.29, 0.717) is 33.5 Å². The van der Waals surface area contributed by atoms with E-state index < -0.39 is 29.2 Å². The Kier molecular flexibility index (Phi) is 7.87. The maximum Gasteiger partial charge on any atom is 0.352 e. The number of hydrogen-bond donors (Lipinski definition) is 3. The van der Waals surface area contributed by atoms with E-state index in [9.17, 15) is 19.5 Å². The molecule has 0 radical (unpaired) electrons. The average molecular weight is 536 g/mol. The zero-order chi connectivity index (χ0) is 24.9. The van der Waals surface area contributed by atoms with E-state index in [-0.39, 0.29) is 23.7 Å². The number of hydrogen-bond acceptors (Lipinski definition) is 12. The predicted molar refractivity (Wildman–Crippen MR) is 132 cm³/mol. The van der Waals surface area contributed by atoms with Gasteiger partial charge in [-0.05, 0) is 24.1 Å². The molecule has 0 saturated carbocycles. The van der Waals surface area contributed by atoms with Gasteiger partial charge >= 0.3 is 5.97 Å². The summed E-state index contributed by atoms with van der Waals surface area (Å²) in [5.41, 5.74) is 8.41. The molecule has 4 rings (SSSR count). The summed E-state index contributed by atoms with van der Waals surface area (Å²) < 4.78 is 0.710. The molecule has 184 valence electrons. The van der Waals surface area contributed by atoms with E-state index in [1.165, 1.54) is 52.0 Å². The molecule has 4 N–H and O–H groups in total. The van der Waals surface area contributed by atoms with Crippen molar-refractivity contribution >= 4 is 64.0 Å². The van der Waals surface area contributed by atoms with E-state index in [1.807, 2.05) is 6.92 Å². The smallest absolute Gasteiger partial charge is 0.352 e. The van der Waals surface area contributed by atoms with E-state index in [1.54, 1.807) is 11.6 Å². The molecule has 2 atom stereocenters. The Balaban J connectivity index is 1.50. The summed E-state index contributed by atoms with van der Waals surface area (Å²) in [6.07, 6.45) is 2.12. The van der Waals surface area contributed by atoms with Crippen molar-refractivity contribution in [3.8, 4) is 0 Å². The number of anilines is 1. The summed E-state index contributed by atoms with van der Waals surface area (Å²) in [5.74, 6) is -1.62. The summed E-state index contributed by atoms with van der Waals surface area (Å²) in [5, 5.41) is 23.5. The lowest BCUT2D eigenvalue weighted by Crippen LogP contribution is -2.71. The first-order valence-corrected chi connectivity index (χ1v) is 13.3. The van der Waals surface area contributed by atoms with Crippen molar-refractivity contribution in [2.45, 2.75) is 29.1 Å². The number of amides is 2. The molecule has 1 fully saturated rings. The third kappa shape index (κ3) is 5.41. The molecule has 1 saturated heterocycles. The number of carbonyl (C=O) groups is 3. The van der Waals surface area contributed by atoms with Gasteiger partial charge in [0.25, 0.3) is 11.8 Å². The number of fused-ring (bicyclic) bond motifs is 1. The minimum Gasteiger partial charge on any atom is -0.477 e. The van der Waals surface area contributed by atoms with Crippen molar-refractivity contribution in [3.63, 3.8) is 0 Å². The third-order valence-electron chi connectivity index (χ3n) is 4.94. The van der Waals surface area contributed by atoms with Crippen LogP contribution >= 0.6 is 34.9 Å². The van der Waals surface area contributed by atoms with Crippen LogP contribution < -0.4 is 11.1 Å². The molecule has 2 aliphatic rings. The Hall–Kier alpha value is -3.17. The number of carboxylic acids is 1. The highest BCUT2D eigenvalue weighted by atomic mass is 32.2. The van der Waals surface area contributed by atoms with Crippen LogP contribution in [0.1, 0.15) is 19.0 Å². The van der Waals surface area contributed by atoms with Gasteiger partial charge in [0.15, 0.2) is 10.1 Å². The molecule has 2 amide bonds. The monoisotopic (exact) mass is 535 g/mol. The highest BCUT2D eigenvalue weighted by molar-refractivity contribution is 8.01. The molecule has 35 heavy (non-hydrogen) atoms. The van der Waals surface area contributed by atoms with Crippen LogP contribution in [-0.4, -0.2) is 78.2 Å². The molecular weight excluding hydrogens is 514 g/mol. The first-order chi connectivity index (χ1) is 16.9. The van der Waals surface area contributed by atoms with Crippen LogP contribution in [0.4, 0.5) is 5.69 Å². The van der Waals surface area contributed by atoms with Crippen LogP contribution in [0.5, 0.6) is 0 Å². The van der Waals surface area contributed by atoms with Crippen LogP contribution in [0.2, 0.25) is 0 Å². The number of nitrogen functional groups attached to an aromatic ring is 1. The van der Waals surface area contributed by atoms with Crippen LogP contribution in [0, 0.1) is 0 Å². The molecule has 12 nitrogen and oxygen atoms in total. The molecular formula is C20H21N7O5S3. The Labute approximate surface area is 212 Å².